The molecule has 5 heteroatoms. The zero-order chi connectivity index (χ0) is 15.8. The fourth-order valence-corrected chi connectivity index (χ4v) is 2.87. The maximum absolute atomic E-state index is 11.8. The Morgan fingerprint density at radius 2 is 2.14 bits per heavy atom. The number of aliphatic hydroxyl groups excluding tert-OH is 1. The molecule has 1 unspecified atom stereocenters. The van der Waals surface area contributed by atoms with Gasteiger partial charge in [0.2, 0.25) is 5.91 Å². The summed E-state index contributed by atoms with van der Waals surface area (Å²) < 4.78 is 0. The molecule has 0 aliphatic rings. The number of hydrogen-bond acceptors (Lipinski definition) is 4. The number of carbonyl (C=O) groups is 1. The van der Waals surface area contributed by atoms with E-state index in [-0.39, 0.29) is 12.5 Å². The van der Waals surface area contributed by atoms with Gasteiger partial charge in [-0.25, -0.2) is 0 Å². The summed E-state index contributed by atoms with van der Waals surface area (Å²) in [6.07, 6.45) is 2.86. The smallest absolute Gasteiger partial charge is 0.230 e. The summed E-state index contributed by atoms with van der Waals surface area (Å²) in [5.74, 6) is 1.05. The first-order valence-electron chi connectivity index (χ1n) is 7.14. The standard InChI is InChI=1S/C17H20N2O2S/c1-13-5-2-3-7-15(13)16(20)10-19-17(21)12-22-11-14-6-4-8-18-9-14/h2-9,16,20H,10-12H2,1H3,(H,19,21). The molecule has 0 saturated carbocycles. The van der Waals surface area contributed by atoms with Crippen molar-refractivity contribution < 1.29 is 9.90 Å². The molecule has 0 saturated heterocycles. The fraction of sp³-hybridized carbons (Fsp3) is 0.294. The van der Waals surface area contributed by atoms with Gasteiger partial charge >= 0.3 is 0 Å². The molecule has 0 radical (unpaired) electrons. The average molecular weight is 316 g/mol. The van der Waals surface area contributed by atoms with E-state index in [9.17, 15) is 9.90 Å². The predicted molar refractivity (Wildman–Crippen MR) is 89.5 cm³/mol. The molecule has 1 aromatic carbocycles. The molecule has 22 heavy (non-hydrogen) atoms. The number of rotatable bonds is 7. The number of hydrogen-bond donors (Lipinski definition) is 2. The third-order valence-corrected chi connectivity index (χ3v) is 4.27. The minimum atomic E-state index is -0.673. The Balaban J connectivity index is 1.70. The molecule has 116 valence electrons. The van der Waals surface area contributed by atoms with Gasteiger partial charge in [0.25, 0.3) is 0 Å². The lowest BCUT2D eigenvalue weighted by Crippen LogP contribution is -2.30. The van der Waals surface area contributed by atoms with Crippen molar-refractivity contribution in [2.45, 2.75) is 18.8 Å². The first-order chi connectivity index (χ1) is 10.7. The molecule has 2 aromatic rings. The van der Waals surface area contributed by atoms with Crippen LogP contribution in [-0.4, -0.2) is 28.3 Å². The summed E-state index contributed by atoms with van der Waals surface area (Å²) in [6, 6.07) is 11.5. The van der Waals surface area contributed by atoms with Gasteiger partial charge in [0, 0.05) is 24.7 Å². The topological polar surface area (TPSA) is 62.2 Å². The van der Waals surface area contributed by atoms with Crippen molar-refractivity contribution in [2.75, 3.05) is 12.3 Å². The molecule has 0 aliphatic carbocycles. The highest BCUT2D eigenvalue weighted by molar-refractivity contribution is 7.99. The lowest BCUT2D eigenvalue weighted by molar-refractivity contribution is -0.119. The molecule has 0 bridgehead atoms. The number of nitrogens with one attached hydrogen (secondary N) is 1. The number of amides is 1. The van der Waals surface area contributed by atoms with Crippen LogP contribution in [0.15, 0.2) is 48.8 Å². The van der Waals surface area contributed by atoms with Crippen LogP contribution in [-0.2, 0) is 10.5 Å². The van der Waals surface area contributed by atoms with Gasteiger partial charge in [-0.1, -0.05) is 30.3 Å². The Hall–Kier alpha value is -1.85. The number of nitrogens with zero attached hydrogens (tertiary/aromatic N) is 1. The van der Waals surface area contributed by atoms with E-state index in [2.05, 4.69) is 10.3 Å². The average Bonchev–Trinajstić information content (AvgIpc) is 2.54. The molecule has 4 nitrogen and oxygen atoms in total. The molecule has 0 fully saturated rings. The van der Waals surface area contributed by atoms with Gasteiger partial charge < -0.3 is 10.4 Å². The SMILES string of the molecule is Cc1ccccc1C(O)CNC(=O)CSCc1cccnc1. The predicted octanol–water partition coefficient (Wildman–Crippen LogP) is 2.47. The number of carbonyl (C=O) groups excluding carboxylic acids is 1. The highest BCUT2D eigenvalue weighted by Crippen LogP contribution is 2.16. The molecule has 1 aromatic heterocycles. The van der Waals surface area contributed by atoms with E-state index in [1.54, 1.807) is 12.4 Å². The Morgan fingerprint density at radius 1 is 1.32 bits per heavy atom. The Morgan fingerprint density at radius 3 is 2.86 bits per heavy atom. The van der Waals surface area contributed by atoms with Gasteiger partial charge in [-0.05, 0) is 29.7 Å². The molecule has 2 rings (SSSR count). The van der Waals surface area contributed by atoms with Crippen LogP contribution in [0, 0.1) is 6.92 Å². The quantitative estimate of drug-likeness (QED) is 0.824. The third-order valence-electron chi connectivity index (χ3n) is 3.26. The summed E-state index contributed by atoms with van der Waals surface area (Å²) in [5, 5.41) is 12.9. The normalized spacial score (nSPS) is 11.9. The third kappa shape index (κ3) is 5.16. The Kier molecular flexibility index (Phi) is 6.43. The lowest BCUT2D eigenvalue weighted by atomic mass is 10.0. The number of aryl methyl sites for hydroxylation is 1. The molecular formula is C17H20N2O2S. The van der Waals surface area contributed by atoms with E-state index in [1.807, 2.05) is 43.3 Å². The van der Waals surface area contributed by atoms with Gasteiger partial charge in [0.05, 0.1) is 11.9 Å². The molecule has 2 N–H and O–H groups in total. The van der Waals surface area contributed by atoms with Gasteiger partial charge in [-0.2, -0.15) is 0 Å². The monoisotopic (exact) mass is 316 g/mol. The van der Waals surface area contributed by atoms with Crippen molar-refractivity contribution in [2.24, 2.45) is 0 Å². The highest BCUT2D eigenvalue weighted by atomic mass is 32.2. The molecule has 1 amide bonds. The van der Waals surface area contributed by atoms with Gasteiger partial charge in [0.15, 0.2) is 0 Å². The number of thioether (sulfide) groups is 1. The van der Waals surface area contributed by atoms with Crippen molar-refractivity contribution in [1.82, 2.24) is 10.3 Å². The number of benzene rings is 1. The van der Waals surface area contributed by atoms with Crippen molar-refractivity contribution in [3.8, 4) is 0 Å². The van der Waals surface area contributed by atoms with E-state index >= 15 is 0 Å². The van der Waals surface area contributed by atoms with Crippen LogP contribution >= 0.6 is 11.8 Å². The van der Waals surface area contributed by atoms with E-state index in [1.165, 1.54) is 11.8 Å². The van der Waals surface area contributed by atoms with Crippen molar-refractivity contribution in [1.29, 1.82) is 0 Å². The first-order valence-corrected chi connectivity index (χ1v) is 8.29. The van der Waals surface area contributed by atoms with E-state index < -0.39 is 6.10 Å². The Bertz CT molecular complexity index is 605. The largest absolute Gasteiger partial charge is 0.387 e. The van der Waals surface area contributed by atoms with Gasteiger partial charge in [-0.15, -0.1) is 11.8 Å². The summed E-state index contributed by atoms with van der Waals surface area (Å²) >= 11 is 1.53. The number of aromatic nitrogens is 1. The lowest BCUT2D eigenvalue weighted by Gasteiger charge is -2.14. The van der Waals surface area contributed by atoms with Crippen LogP contribution in [0.25, 0.3) is 0 Å². The highest BCUT2D eigenvalue weighted by Gasteiger charge is 2.11. The summed E-state index contributed by atoms with van der Waals surface area (Å²) in [7, 11) is 0. The maximum atomic E-state index is 11.8. The molecule has 1 atom stereocenters. The first kappa shape index (κ1) is 16.5. The number of aliphatic hydroxyl groups is 1. The van der Waals surface area contributed by atoms with Crippen LogP contribution in [0.3, 0.4) is 0 Å². The molecule has 0 spiro atoms. The zero-order valence-corrected chi connectivity index (χ0v) is 13.3. The molecule has 0 aliphatic heterocycles. The van der Waals surface area contributed by atoms with E-state index in [0.717, 1.165) is 22.4 Å². The van der Waals surface area contributed by atoms with Crippen molar-refractivity contribution >= 4 is 17.7 Å². The molecule has 1 heterocycles. The molecular weight excluding hydrogens is 296 g/mol. The van der Waals surface area contributed by atoms with Gasteiger partial charge in [0.1, 0.15) is 0 Å². The second-order valence-corrected chi connectivity index (χ2v) is 6.02. The Labute approximate surface area is 135 Å². The second-order valence-electron chi connectivity index (χ2n) is 5.03. The van der Waals surface area contributed by atoms with Crippen LogP contribution in [0.2, 0.25) is 0 Å². The fourth-order valence-electron chi connectivity index (χ4n) is 2.08. The van der Waals surface area contributed by atoms with E-state index in [0.29, 0.717) is 5.75 Å². The van der Waals surface area contributed by atoms with Crippen LogP contribution in [0.4, 0.5) is 0 Å². The minimum absolute atomic E-state index is 0.0680. The van der Waals surface area contributed by atoms with Crippen molar-refractivity contribution in [3.63, 3.8) is 0 Å². The maximum Gasteiger partial charge on any atom is 0.230 e. The number of pyridine rings is 1. The van der Waals surface area contributed by atoms with Crippen LogP contribution < -0.4 is 5.32 Å². The van der Waals surface area contributed by atoms with Crippen LogP contribution in [0.5, 0.6) is 0 Å². The minimum Gasteiger partial charge on any atom is -0.387 e. The second kappa shape index (κ2) is 8.56. The summed E-state index contributed by atoms with van der Waals surface area (Å²) in [6.45, 7) is 2.18. The van der Waals surface area contributed by atoms with E-state index in [4.69, 9.17) is 0 Å². The summed E-state index contributed by atoms with van der Waals surface area (Å²) in [5.41, 5.74) is 2.97. The van der Waals surface area contributed by atoms with Gasteiger partial charge in [-0.3, -0.25) is 9.78 Å². The van der Waals surface area contributed by atoms with Crippen LogP contribution in [0.1, 0.15) is 22.8 Å². The zero-order valence-electron chi connectivity index (χ0n) is 12.5. The van der Waals surface area contributed by atoms with Crippen molar-refractivity contribution in [3.05, 3.63) is 65.5 Å². The summed E-state index contributed by atoms with van der Waals surface area (Å²) in [4.78, 5) is 15.8.